The van der Waals surface area contributed by atoms with Crippen LogP contribution in [0.1, 0.15) is 12.8 Å². The van der Waals surface area contributed by atoms with E-state index >= 15 is 0 Å². The average molecular weight is 485 g/mol. The average Bonchev–Trinajstić information content (AvgIpc) is 3.11. The van der Waals surface area contributed by atoms with Crippen molar-refractivity contribution in [1.82, 2.24) is 19.8 Å². The van der Waals surface area contributed by atoms with Gasteiger partial charge >= 0.3 is 0 Å². The quantitative estimate of drug-likeness (QED) is 0.466. The minimum absolute atomic E-state index is 0.870. The molecule has 3 aliphatic rings. The highest BCUT2D eigenvalue weighted by molar-refractivity contribution is 6.17. The molecule has 3 aliphatic heterocycles. The van der Waals surface area contributed by atoms with Crippen molar-refractivity contribution in [2.24, 2.45) is 0 Å². The van der Waals surface area contributed by atoms with Gasteiger partial charge in [-0.2, -0.15) is 0 Å². The predicted molar refractivity (Wildman–Crippen MR) is 149 cm³/mol. The monoisotopic (exact) mass is 484 g/mol. The Morgan fingerprint density at radius 2 is 1.72 bits per heavy atom. The Bertz CT molecular complexity index is 1390. The standard InChI is InChI=1S/C29H36N6O/c1-2-6-26-24(5-1)27-29-28(23-8-7-22(21-25(23)31-27)33-15-9-30-10-16-33)34(13-4-14-35(26)29)12-3-11-32-17-19-36-20-18-32/h1-2,5-8,21,30H,3-4,9-20H2. The minimum atomic E-state index is 0.870. The maximum atomic E-state index is 5.55. The molecule has 2 aromatic heterocycles. The van der Waals surface area contributed by atoms with Crippen molar-refractivity contribution in [2.45, 2.75) is 19.4 Å². The summed E-state index contributed by atoms with van der Waals surface area (Å²) in [4.78, 5) is 13.1. The van der Waals surface area contributed by atoms with Crippen LogP contribution in [0.5, 0.6) is 0 Å². The van der Waals surface area contributed by atoms with Crippen molar-refractivity contribution in [1.29, 1.82) is 0 Å². The van der Waals surface area contributed by atoms with Crippen molar-refractivity contribution in [3.05, 3.63) is 42.5 Å². The van der Waals surface area contributed by atoms with Crippen LogP contribution in [0.15, 0.2) is 42.5 Å². The number of ether oxygens (including phenoxy) is 1. The Morgan fingerprint density at radius 1 is 0.861 bits per heavy atom. The lowest BCUT2D eigenvalue weighted by Crippen LogP contribution is -2.43. The van der Waals surface area contributed by atoms with Crippen LogP contribution in [0, 0.1) is 0 Å². The van der Waals surface area contributed by atoms with Gasteiger partial charge in [0.15, 0.2) is 0 Å². The van der Waals surface area contributed by atoms with Crippen LogP contribution in [-0.2, 0) is 11.3 Å². The highest BCUT2D eigenvalue weighted by atomic mass is 16.5. The lowest BCUT2D eigenvalue weighted by Gasteiger charge is -2.31. The number of rotatable bonds is 5. The normalized spacial score (nSPS) is 19.4. The number of aryl methyl sites for hydroxylation is 1. The summed E-state index contributed by atoms with van der Waals surface area (Å²) in [5.74, 6) is 0. The van der Waals surface area contributed by atoms with Crippen LogP contribution >= 0.6 is 0 Å². The van der Waals surface area contributed by atoms with Gasteiger partial charge in [-0.1, -0.05) is 18.2 Å². The second-order valence-corrected chi connectivity index (χ2v) is 10.4. The van der Waals surface area contributed by atoms with Gasteiger partial charge in [0.25, 0.3) is 0 Å². The summed E-state index contributed by atoms with van der Waals surface area (Å²) < 4.78 is 8.09. The molecule has 7 heteroatoms. The van der Waals surface area contributed by atoms with Crippen molar-refractivity contribution in [3.63, 3.8) is 0 Å². The van der Waals surface area contributed by atoms with Crippen LogP contribution in [0.3, 0.4) is 0 Å². The first-order valence-electron chi connectivity index (χ1n) is 13.7. The van der Waals surface area contributed by atoms with E-state index in [9.17, 15) is 0 Å². The Balaban J connectivity index is 1.34. The number of anilines is 2. The third kappa shape index (κ3) is 3.90. The Hall–Kier alpha value is -2.87. The summed E-state index contributed by atoms with van der Waals surface area (Å²) >= 11 is 0. The number of nitrogens with zero attached hydrogens (tertiary/aromatic N) is 5. The first-order valence-corrected chi connectivity index (χ1v) is 13.7. The molecular formula is C29H36N6O. The molecule has 0 unspecified atom stereocenters. The third-order valence-electron chi connectivity index (χ3n) is 8.25. The van der Waals surface area contributed by atoms with Gasteiger partial charge < -0.3 is 24.4 Å². The van der Waals surface area contributed by atoms with Crippen LogP contribution < -0.4 is 15.1 Å². The molecule has 1 N–H and O–H groups in total. The van der Waals surface area contributed by atoms with Crippen molar-refractivity contribution < 1.29 is 4.74 Å². The number of morpholine rings is 1. The number of pyridine rings is 1. The van der Waals surface area contributed by atoms with Gasteiger partial charge in [0.2, 0.25) is 0 Å². The second kappa shape index (κ2) is 9.54. The van der Waals surface area contributed by atoms with Gasteiger partial charge in [-0.3, -0.25) is 4.90 Å². The first-order chi connectivity index (χ1) is 17.9. The summed E-state index contributed by atoms with van der Waals surface area (Å²) in [6.45, 7) is 12.4. The molecule has 0 saturated carbocycles. The van der Waals surface area contributed by atoms with Gasteiger partial charge in [-0.05, 0) is 37.1 Å². The van der Waals surface area contributed by atoms with E-state index in [1.165, 1.54) is 39.6 Å². The molecule has 0 spiro atoms. The molecule has 0 aliphatic carbocycles. The summed E-state index contributed by atoms with van der Waals surface area (Å²) in [6, 6.07) is 15.8. The van der Waals surface area contributed by atoms with Gasteiger partial charge in [-0.15, -0.1) is 0 Å². The molecular weight excluding hydrogens is 448 g/mol. The molecule has 0 bridgehead atoms. The fraction of sp³-hybridized carbons (Fsp3) is 0.483. The number of benzene rings is 2. The number of hydrogen-bond donors (Lipinski definition) is 1. The number of aromatic nitrogens is 2. The van der Waals surface area contributed by atoms with E-state index in [2.05, 4.69) is 67.0 Å². The smallest absolute Gasteiger partial charge is 0.0988 e. The van der Waals surface area contributed by atoms with E-state index in [1.54, 1.807) is 0 Å². The van der Waals surface area contributed by atoms with E-state index < -0.39 is 0 Å². The van der Waals surface area contributed by atoms with E-state index in [0.717, 1.165) is 96.1 Å². The van der Waals surface area contributed by atoms with Crippen molar-refractivity contribution in [3.8, 4) is 0 Å². The summed E-state index contributed by atoms with van der Waals surface area (Å²) in [5.41, 5.74) is 7.59. The topological polar surface area (TPSA) is 48.8 Å². The largest absolute Gasteiger partial charge is 0.379 e. The summed E-state index contributed by atoms with van der Waals surface area (Å²) in [7, 11) is 0. The molecule has 2 saturated heterocycles. The van der Waals surface area contributed by atoms with Crippen molar-refractivity contribution >= 4 is 44.2 Å². The molecule has 0 atom stereocenters. The maximum absolute atomic E-state index is 5.55. The highest BCUT2D eigenvalue weighted by Crippen LogP contribution is 2.41. The molecule has 5 heterocycles. The molecule has 36 heavy (non-hydrogen) atoms. The fourth-order valence-corrected chi connectivity index (χ4v) is 6.44. The van der Waals surface area contributed by atoms with Crippen LogP contribution in [0.2, 0.25) is 0 Å². The lowest BCUT2D eigenvalue weighted by atomic mass is 10.1. The molecule has 0 radical (unpaired) electrons. The van der Waals surface area contributed by atoms with E-state index in [0.29, 0.717) is 0 Å². The molecule has 7 rings (SSSR count). The van der Waals surface area contributed by atoms with Gasteiger partial charge in [0.1, 0.15) is 0 Å². The highest BCUT2D eigenvalue weighted by Gasteiger charge is 2.25. The van der Waals surface area contributed by atoms with Crippen molar-refractivity contribution in [2.75, 3.05) is 81.9 Å². The van der Waals surface area contributed by atoms with E-state index in [4.69, 9.17) is 9.72 Å². The van der Waals surface area contributed by atoms with Gasteiger partial charge in [0.05, 0.1) is 41.0 Å². The summed E-state index contributed by atoms with van der Waals surface area (Å²) in [5, 5.41) is 6.04. The van der Waals surface area contributed by atoms with Crippen LogP contribution in [0.25, 0.3) is 32.8 Å². The Kier molecular flexibility index (Phi) is 5.92. The lowest BCUT2D eigenvalue weighted by molar-refractivity contribution is 0.0376. The molecule has 2 aromatic carbocycles. The number of nitrogens with one attached hydrogen (secondary N) is 1. The number of hydrogen-bond acceptors (Lipinski definition) is 6. The molecule has 7 nitrogen and oxygen atoms in total. The molecule has 0 amide bonds. The van der Waals surface area contributed by atoms with Crippen LogP contribution in [0.4, 0.5) is 11.4 Å². The van der Waals surface area contributed by atoms with E-state index in [1.807, 2.05) is 0 Å². The number of para-hydroxylation sites is 1. The minimum Gasteiger partial charge on any atom is -0.379 e. The van der Waals surface area contributed by atoms with Crippen LogP contribution in [-0.4, -0.2) is 86.6 Å². The molecule has 2 fully saturated rings. The third-order valence-corrected chi connectivity index (χ3v) is 8.25. The summed E-state index contributed by atoms with van der Waals surface area (Å²) in [6.07, 6.45) is 2.32. The van der Waals surface area contributed by atoms with Gasteiger partial charge in [0, 0.05) is 81.9 Å². The Labute approximate surface area is 212 Å². The number of fused-ring (bicyclic) bond motifs is 5. The van der Waals surface area contributed by atoms with E-state index in [-0.39, 0.29) is 0 Å². The zero-order valence-electron chi connectivity index (χ0n) is 21.1. The van der Waals surface area contributed by atoms with Gasteiger partial charge in [-0.25, -0.2) is 4.98 Å². The maximum Gasteiger partial charge on any atom is 0.0988 e. The SMILES string of the molecule is c1ccc2c(c1)c1nc3cc(N4CCNCC4)ccc3c3c1n2CCCN3CCCN1CCOCC1. The fourth-order valence-electron chi connectivity index (χ4n) is 6.44. The molecule has 4 aromatic rings. The zero-order valence-corrected chi connectivity index (χ0v) is 21.1. The first kappa shape index (κ1) is 22.3. The molecule has 188 valence electrons. The second-order valence-electron chi connectivity index (χ2n) is 10.4. The number of piperazine rings is 1. The zero-order chi connectivity index (χ0) is 23.9. The Morgan fingerprint density at radius 3 is 2.61 bits per heavy atom. The predicted octanol–water partition coefficient (Wildman–Crippen LogP) is 3.68.